The van der Waals surface area contributed by atoms with Gasteiger partial charge in [-0.3, -0.25) is 0 Å². The second-order valence-electron chi connectivity index (χ2n) is 7.70. The molecule has 37 heavy (non-hydrogen) atoms. The van der Waals surface area contributed by atoms with E-state index < -0.39 is 14.7 Å². The van der Waals surface area contributed by atoms with E-state index in [9.17, 15) is 0 Å². The van der Waals surface area contributed by atoms with Gasteiger partial charge in [-0.2, -0.15) is 0 Å². The van der Waals surface area contributed by atoms with Gasteiger partial charge in [0.05, 0.1) is 0 Å². The van der Waals surface area contributed by atoms with Crippen molar-refractivity contribution in [1.29, 1.82) is 0 Å². The van der Waals surface area contributed by atoms with Crippen LogP contribution < -0.4 is 0 Å². The van der Waals surface area contributed by atoms with Crippen molar-refractivity contribution in [3.05, 3.63) is 0 Å². The Balaban J connectivity index is -0.000000469. The third-order valence-electron chi connectivity index (χ3n) is 2.92. The van der Waals surface area contributed by atoms with Crippen LogP contribution in [0.1, 0.15) is 0 Å². The molecular formula is C18H36N6S12Zn. The minimum atomic E-state index is -0.716. The zero-order chi connectivity index (χ0) is 29.9. The van der Waals surface area contributed by atoms with Crippen LogP contribution in [0, 0.1) is 0 Å². The number of nitrogens with zero attached hydrogens (tertiary/aromatic N) is 6. The van der Waals surface area contributed by atoms with Crippen molar-refractivity contribution in [2.45, 2.75) is 0 Å². The molecule has 0 spiro atoms. The molecule has 0 amide bonds. The van der Waals surface area contributed by atoms with Crippen molar-refractivity contribution in [2.24, 2.45) is 0 Å². The van der Waals surface area contributed by atoms with Crippen LogP contribution in [0.15, 0.2) is 0 Å². The first-order valence-electron chi connectivity index (χ1n) is 10.1. The topological polar surface area (TPSA) is 19.4 Å². The SMILES string of the molecule is CN(C)C(=S)SSC(=S)N(C)C.CN(C)C(=S)SSC(=S)N(C)C.CN(C)C(=S)[S][Zn][S]C(=S)N(C)C. The summed E-state index contributed by atoms with van der Waals surface area (Å²) in [5.74, 6) is 0. The first-order valence-corrected chi connectivity index (χ1v) is 26.1. The van der Waals surface area contributed by atoms with Gasteiger partial charge in [0.1, 0.15) is 17.3 Å². The number of thiocarbonyl (C=S) groups is 6. The number of rotatable bonds is 2. The predicted molar refractivity (Wildman–Crippen MR) is 203 cm³/mol. The van der Waals surface area contributed by atoms with Crippen molar-refractivity contribution in [3.8, 4) is 0 Å². The Hall–Kier alpha value is 2.06. The summed E-state index contributed by atoms with van der Waals surface area (Å²) < 4.78 is 5.31. The van der Waals surface area contributed by atoms with Crippen LogP contribution in [-0.4, -0.2) is 140 Å². The van der Waals surface area contributed by atoms with Crippen molar-refractivity contribution < 1.29 is 14.7 Å². The number of hydrogen-bond acceptors (Lipinski definition) is 12. The third-order valence-corrected chi connectivity index (χ3v) is 25.4. The molecule has 0 heterocycles. The van der Waals surface area contributed by atoms with E-state index >= 15 is 0 Å². The van der Waals surface area contributed by atoms with Gasteiger partial charge in [0.15, 0.2) is 0 Å². The molecule has 0 aliphatic rings. The Morgan fingerprint density at radius 1 is 0.351 bits per heavy atom. The van der Waals surface area contributed by atoms with Gasteiger partial charge in [-0.05, 0) is 43.2 Å². The van der Waals surface area contributed by atoms with Crippen LogP contribution in [0.25, 0.3) is 0 Å². The molecule has 0 aliphatic carbocycles. The van der Waals surface area contributed by atoms with Gasteiger partial charge in [-0.1, -0.05) is 48.9 Å². The average Bonchev–Trinajstić information content (AvgIpc) is 2.80. The van der Waals surface area contributed by atoms with Gasteiger partial charge in [-0.15, -0.1) is 0 Å². The maximum atomic E-state index is 5.16. The first kappa shape index (κ1) is 43.5. The molecule has 0 fully saturated rings. The van der Waals surface area contributed by atoms with Gasteiger partial charge in [0, 0.05) is 56.4 Å². The second-order valence-corrected chi connectivity index (χ2v) is 26.2. The van der Waals surface area contributed by atoms with Crippen LogP contribution in [-0.2, 0) is 14.7 Å². The van der Waals surface area contributed by atoms with E-state index in [0.29, 0.717) is 0 Å². The van der Waals surface area contributed by atoms with E-state index in [0.717, 1.165) is 25.9 Å². The Morgan fingerprint density at radius 3 is 0.649 bits per heavy atom. The molecule has 0 saturated carbocycles. The first-order chi connectivity index (χ1) is 16.8. The molecule has 0 aromatic rings. The molecule has 19 heteroatoms. The zero-order valence-corrected chi connectivity index (χ0v) is 36.1. The Bertz CT molecular complexity index is 647. The van der Waals surface area contributed by atoms with Crippen LogP contribution >= 0.6 is 136 Å². The zero-order valence-electron chi connectivity index (χ0n) is 23.3. The van der Waals surface area contributed by atoms with E-state index in [-0.39, 0.29) is 0 Å². The molecular weight excluding hydrogens is 750 g/mol. The molecule has 0 N–H and O–H groups in total. The van der Waals surface area contributed by atoms with Gasteiger partial charge < -0.3 is 19.6 Å². The van der Waals surface area contributed by atoms with E-state index in [1.165, 1.54) is 43.2 Å². The predicted octanol–water partition coefficient (Wildman–Crippen LogP) is 6.18. The van der Waals surface area contributed by atoms with E-state index in [2.05, 4.69) is 0 Å². The molecule has 6 nitrogen and oxygen atoms in total. The normalized spacial score (nSPS) is 9.19. The average molecular weight is 787 g/mol. The van der Waals surface area contributed by atoms with E-state index in [1.54, 1.807) is 0 Å². The molecule has 0 aliphatic heterocycles. The summed E-state index contributed by atoms with van der Waals surface area (Å²) in [5, 5.41) is 0. The fraction of sp³-hybridized carbons (Fsp3) is 0.667. The van der Waals surface area contributed by atoms with Gasteiger partial charge in [-0.25, -0.2) is 0 Å². The van der Waals surface area contributed by atoms with Gasteiger partial charge in [0.2, 0.25) is 0 Å². The van der Waals surface area contributed by atoms with Crippen LogP contribution in [0.5, 0.6) is 0 Å². The molecule has 0 atom stereocenters. The van der Waals surface area contributed by atoms with Crippen LogP contribution in [0.2, 0.25) is 0 Å². The molecule has 0 unspecified atom stereocenters. The van der Waals surface area contributed by atoms with Crippen molar-refractivity contribution in [2.75, 3.05) is 84.6 Å². The van der Waals surface area contributed by atoms with E-state index in [4.69, 9.17) is 73.3 Å². The number of hydrogen-bond donors (Lipinski definition) is 0. The van der Waals surface area contributed by atoms with Crippen molar-refractivity contribution >= 4 is 162 Å². The third kappa shape index (κ3) is 28.0. The molecule has 0 bridgehead atoms. The fourth-order valence-corrected chi connectivity index (χ4v) is 19.8. The standard InChI is InChI=1S/2C6H12N2S4.2C3H7NS2.Zn/c2*1-7(2)5(9)11-12-6(10)8(3)4;2*1-4(2)3(5)6;/h2*1-4H3;2*1-2H3,(H,5,6);/q;;;;+2/p-2. The molecule has 0 saturated heterocycles. The van der Waals surface area contributed by atoms with E-state index in [1.807, 2.05) is 133 Å². The van der Waals surface area contributed by atoms with Gasteiger partial charge in [0.25, 0.3) is 0 Å². The summed E-state index contributed by atoms with van der Waals surface area (Å²) >= 11 is 29.9. The van der Waals surface area contributed by atoms with Crippen molar-refractivity contribution in [1.82, 2.24) is 29.4 Å². The summed E-state index contributed by atoms with van der Waals surface area (Å²) in [6, 6.07) is 0. The van der Waals surface area contributed by atoms with Gasteiger partial charge >= 0.3 is 105 Å². The molecule has 0 aromatic carbocycles. The summed E-state index contributed by atoms with van der Waals surface area (Å²) in [5.41, 5.74) is 0. The fourth-order valence-electron chi connectivity index (χ4n) is 0.829. The Kier molecular flexibility index (Phi) is 30.3. The summed E-state index contributed by atoms with van der Waals surface area (Å²) in [7, 11) is 33.0. The summed E-state index contributed by atoms with van der Waals surface area (Å²) in [6.07, 6.45) is 0. The van der Waals surface area contributed by atoms with Crippen LogP contribution in [0.3, 0.4) is 0 Å². The Morgan fingerprint density at radius 2 is 0.514 bits per heavy atom. The van der Waals surface area contributed by atoms with Crippen LogP contribution in [0.4, 0.5) is 0 Å². The molecule has 0 radical (unpaired) electrons. The molecule has 0 aromatic heterocycles. The molecule has 0 rings (SSSR count). The molecule has 212 valence electrons. The minimum absolute atomic E-state index is 0.716. The summed E-state index contributed by atoms with van der Waals surface area (Å²) in [4.78, 5) is 11.5. The quantitative estimate of drug-likeness (QED) is 0.181. The van der Waals surface area contributed by atoms with Crippen molar-refractivity contribution in [3.63, 3.8) is 0 Å². The summed E-state index contributed by atoms with van der Waals surface area (Å²) in [6.45, 7) is 0. The maximum absolute atomic E-state index is 5.16. The Labute approximate surface area is 287 Å². The second kappa shape index (κ2) is 25.7. The monoisotopic (exact) mass is 784 g/mol.